The molecule has 29 heavy (non-hydrogen) atoms. The summed E-state index contributed by atoms with van der Waals surface area (Å²) in [6.07, 6.45) is 0. The number of rotatable bonds is 4. The third-order valence-electron chi connectivity index (χ3n) is 4.50. The number of thioether (sulfide) groups is 1. The monoisotopic (exact) mass is 426 g/mol. The molecule has 7 heteroatoms. The topological polar surface area (TPSA) is 49.4 Å². The predicted molar refractivity (Wildman–Crippen MR) is 115 cm³/mol. The average molecular weight is 427 g/mol. The largest absolute Gasteiger partial charge is 0.322 e. The van der Waals surface area contributed by atoms with E-state index in [0.29, 0.717) is 27.7 Å². The Morgan fingerprint density at radius 2 is 1.86 bits per heavy atom. The number of carbonyl (C=O) groups is 2. The Labute approximate surface area is 176 Å². The number of halogens is 2. The minimum atomic E-state index is -0.397. The summed E-state index contributed by atoms with van der Waals surface area (Å²) in [5.74, 6) is -0.495. The summed E-state index contributed by atoms with van der Waals surface area (Å²) in [4.78, 5) is 26.6. The number of nitrogens with zero attached hydrogens (tertiary/aromatic N) is 1. The molecule has 0 saturated carbocycles. The van der Waals surface area contributed by atoms with Crippen LogP contribution in [-0.4, -0.2) is 17.6 Å². The summed E-state index contributed by atoms with van der Waals surface area (Å²) in [5.41, 5.74) is 2.32. The van der Waals surface area contributed by atoms with Gasteiger partial charge in [-0.3, -0.25) is 14.5 Å². The summed E-state index contributed by atoms with van der Waals surface area (Å²) in [6.45, 7) is 0. The second-order valence-electron chi connectivity index (χ2n) is 6.47. The van der Waals surface area contributed by atoms with Crippen molar-refractivity contribution in [1.29, 1.82) is 0 Å². The summed E-state index contributed by atoms with van der Waals surface area (Å²) in [6, 6.07) is 20.1. The maximum absolute atomic E-state index is 13.7. The molecule has 1 N–H and O–H groups in total. The van der Waals surface area contributed by atoms with Crippen LogP contribution in [0.25, 0.3) is 0 Å². The second kappa shape index (κ2) is 8.27. The number of hydrogen-bond acceptors (Lipinski definition) is 3. The zero-order valence-corrected chi connectivity index (χ0v) is 16.7. The Morgan fingerprint density at radius 1 is 1.07 bits per heavy atom. The number of amides is 2. The standard InChI is InChI=1S/C22H16ClFN2O2S/c23-19-10-2-1-9-18(19)21(28)25-16-7-3-5-14(11-16)22-26(20(27)13-29-22)17-8-4-6-15(24)12-17/h1-12,22H,13H2,(H,25,28)/t22-/m1/s1. The highest BCUT2D eigenvalue weighted by atomic mass is 35.5. The highest BCUT2D eigenvalue weighted by Gasteiger charge is 2.34. The normalized spacial score (nSPS) is 16.1. The van der Waals surface area contributed by atoms with Crippen molar-refractivity contribution in [3.8, 4) is 0 Å². The van der Waals surface area contributed by atoms with Gasteiger partial charge in [0.05, 0.1) is 16.3 Å². The van der Waals surface area contributed by atoms with Crippen LogP contribution in [0, 0.1) is 5.82 Å². The highest BCUT2D eigenvalue weighted by Crippen LogP contribution is 2.42. The zero-order chi connectivity index (χ0) is 20.4. The second-order valence-corrected chi connectivity index (χ2v) is 7.94. The van der Waals surface area contributed by atoms with Gasteiger partial charge < -0.3 is 5.32 Å². The van der Waals surface area contributed by atoms with Gasteiger partial charge in [0, 0.05) is 11.4 Å². The molecule has 1 aliphatic heterocycles. The summed E-state index contributed by atoms with van der Waals surface area (Å²) < 4.78 is 13.7. The van der Waals surface area contributed by atoms with E-state index in [9.17, 15) is 14.0 Å². The zero-order valence-electron chi connectivity index (χ0n) is 15.1. The molecule has 1 atom stereocenters. The molecule has 0 bridgehead atoms. The van der Waals surface area contributed by atoms with Crippen LogP contribution in [0.15, 0.2) is 72.8 Å². The number of benzene rings is 3. The van der Waals surface area contributed by atoms with Crippen molar-refractivity contribution >= 4 is 46.6 Å². The van der Waals surface area contributed by atoms with Crippen molar-refractivity contribution < 1.29 is 14.0 Å². The van der Waals surface area contributed by atoms with Gasteiger partial charge in [0.15, 0.2) is 0 Å². The lowest BCUT2D eigenvalue weighted by Gasteiger charge is -2.24. The molecule has 0 unspecified atom stereocenters. The molecule has 4 nitrogen and oxygen atoms in total. The van der Waals surface area contributed by atoms with E-state index >= 15 is 0 Å². The predicted octanol–water partition coefficient (Wildman–Crippen LogP) is 5.51. The van der Waals surface area contributed by atoms with Crippen molar-refractivity contribution in [2.45, 2.75) is 5.37 Å². The Hall–Kier alpha value is -2.83. The smallest absolute Gasteiger partial charge is 0.257 e. The molecule has 0 aromatic heterocycles. The van der Waals surface area contributed by atoms with Crippen molar-refractivity contribution in [3.05, 3.63) is 94.8 Å². The third kappa shape index (κ3) is 4.13. The fourth-order valence-corrected chi connectivity index (χ4v) is 4.58. The van der Waals surface area contributed by atoms with Gasteiger partial charge in [-0.15, -0.1) is 11.8 Å². The average Bonchev–Trinajstić information content (AvgIpc) is 3.10. The number of carbonyl (C=O) groups excluding carboxylic acids is 2. The first-order valence-corrected chi connectivity index (χ1v) is 10.3. The van der Waals surface area contributed by atoms with Gasteiger partial charge in [0.1, 0.15) is 11.2 Å². The van der Waals surface area contributed by atoms with E-state index in [1.807, 2.05) is 18.2 Å². The van der Waals surface area contributed by atoms with Crippen molar-refractivity contribution in [2.24, 2.45) is 0 Å². The summed E-state index contributed by atoms with van der Waals surface area (Å²) >= 11 is 7.56. The lowest BCUT2D eigenvalue weighted by atomic mass is 10.1. The minimum Gasteiger partial charge on any atom is -0.322 e. The highest BCUT2D eigenvalue weighted by molar-refractivity contribution is 8.00. The maximum Gasteiger partial charge on any atom is 0.257 e. The van der Waals surface area contributed by atoms with Crippen LogP contribution in [0.5, 0.6) is 0 Å². The molecule has 3 aromatic rings. The quantitative estimate of drug-likeness (QED) is 0.598. The molecule has 4 rings (SSSR count). The van der Waals surface area contributed by atoms with Gasteiger partial charge >= 0.3 is 0 Å². The maximum atomic E-state index is 13.7. The first-order valence-electron chi connectivity index (χ1n) is 8.88. The molecular formula is C22H16ClFN2O2S. The lowest BCUT2D eigenvalue weighted by molar-refractivity contribution is -0.115. The van der Waals surface area contributed by atoms with E-state index in [2.05, 4.69) is 5.32 Å². The van der Waals surface area contributed by atoms with Gasteiger partial charge in [-0.2, -0.15) is 0 Å². The van der Waals surface area contributed by atoms with E-state index in [1.54, 1.807) is 47.4 Å². The molecule has 2 amide bonds. The minimum absolute atomic E-state index is 0.0869. The van der Waals surface area contributed by atoms with Gasteiger partial charge in [0.2, 0.25) is 5.91 Å². The van der Waals surface area contributed by atoms with Crippen molar-refractivity contribution in [1.82, 2.24) is 0 Å². The van der Waals surface area contributed by atoms with Gasteiger partial charge in [-0.1, -0.05) is 41.9 Å². The summed E-state index contributed by atoms with van der Waals surface area (Å²) in [7, 11) is 0. The Balaban J connectivity index is 1.60. The lowest BCUT2D eigenvalue weighted by Crippen LogP contribution is -2.27. The number of hydrogen-bond donors (Lipinski definition) is 1. The first-order chi connectivity index (χ1) is 14.0. The molecule has 3 aromatic carbocycles. The van der Waals surface area contributed by atoms with Crippen LogP contribution in [0.4, 0.5) is 15.8 Å². The van der Waals surface area contributed by atoms with Gasteiger partial charge in [-0.25, -0.2) is 4.39 Å². The molecular weight excluding hydrogens is 411 g/mol. The molecule has 1 fully saturated rings. The molecule has 1 heterocycles. The number of nitrogens with one attached hydrogen (secondary N) is 1. The molecule has 0 radical (unpaired) electrons. The fraction of sp³-hybridized carbons (Fsp3) is 0.0909. The number of anilines is 2. The Morgan fingerprint density at radius 3 is 2.66 bits per heavy atom. The summed E-state index contributed by atoms with van der Waals surface area (Å²) in [5, 5.41) is 2.91. The van der Waals surface area contributed by atoms with Crippen LogP contribution in [0.2, 0.25) is 5.02 Å². The van der Waals surface area contributed by atoms with E-state index in [4.69, 9.17) is 11.6 Å². The third-order valence-corrected chi connectivity index (χ3v) is 6.04. The van der Waals surface area contributed by atoms with E-state index < -0.39 is 5.82 Å². The van der Waals surface area contributed by atoms with E-state index in [1.165, 1.54) is 23.9 Å². The van der Waals surface area contributed by atoms with Crippen LogP contribution >= 0.6 is 23.4 Å². The van der Waals surface area contributed by atoms with E-state index in [0.717, 1.165) is 5.56 Å². The first kappa shape index (κ1) is 19.5. The van der Waals surface area contributed by atoms with E-state index in [-0.39, 0.29) is 17.2 Å². The molecule has 1 saturated heterocycles. The van der Waals surface area contributed by atoms with Crippen LogP contribution in [-0.2, 0) is 4.79 Å². The molecule has 1 aliphatic rings. The van der Waals surface area contributed by atoms with Gasteiger partial charge in [0.25, 0.3) is 5.91 Å². The molecule has 0 aliphatic carbocycles. The van der Waals surface area contributed by atoms with Crippen molar-refractivity contribution in [3.63, 3.8) is 0 Å². The fourth-order valence-electron chi connectivity index (χ4n) is 3.19. The molecule has 146 valence electrons. The van der Waals surface area contributed by atoms with Crippen LogP contribution in [0.1, 0.15) is 21.3 Å². The SMILES string of the molecule is O=C(Nc1cccc([C@H]2SCC(=O)N2c2cccc(F)c2)c1)c1ccccc1Cl. The van der Waals surface area contributed by atoms with Crippen LogP contribution in [0.3, 0.4) is 0 Å². The van der Waals surface area contributed by atoms with Gasteiger partial charge in [-0.05, 0) is 48.0 Å². The molecule has 0 spiro atoms. The Kier molecular flexibility index (Phi) is 5.56. The van der Waals surface area contributed by atoms with Crippen LogP contribution < -0.4 is 10.2 Å². The Bertz CT molecular complexity index is 1090. The van der Waals surface area contributed by atoms with Crippen molar-refractivity contribution in [2.75, 3.05) is 16.0 Å².